The Kier molecular flexibility index (Phi) is 3.41. The summed E-state index contributed by atoms with van der Waals surface area (Å²) >= 11 is 1.57. The molecule has 0 aliphatic carbocycles. The summed E-state index contributed by atoms with van der Waals surface area (Å²) in [6.07, 6.45) is 0. The topological polar surface area (TPSA) is 63.3 Å². The van der Waals surface area contributed by atoms with E-state index in [1.807, 2.05) is 13.8 Å². The molecule has 1 aromatic carbocycles. The molecule has 0 aliphatic heterocycles. The molecule has 0 amide bonds. The average Bonchev–Trinajstić information content (AvgIpc) is 2.07. The maximum absolute atomic E-state index is 10.7. The largest absolute Gasteiger partial charge is 0.478 e. The first-order chi connectivity index (χ1) is 6.50. The molecule has 0 aliphatic rings. The summed E-state index contributed by atoms with van der Waals surface area (Å²) in [6, 6.07) is 4.76. The van der Waals surface area contributed by atoms with Crippen LogP contribution in [0, 0.1) is 0 Å². The molecule has 4 heteroatoms. The molecule has 0 radical (unpaired) electrons. The van der Waals surface area contributed by atoms with Gasteiger partial charge in [-0.15, -0.1) is 11.8 Å². The third-order valence-corrected chi connectivity index (χ3v) is 2.70. The van der Waals surface area contributed by atoms with Crippen LogP contribution in [-0.2, 0) is 0 Å². The van der Waals surface area contributed by atoms with E-state index in [1.165, 1.54) is 6.07 Å². The molecule has 0 unspecified atom stereocenters. The number of carbonyl (C=O) groups is 1. The summed E-state index contributed by atoms with van der Waals surface area (Å²) in [5.41, 5.74) is 6.64. The number of nitrogens with two attached hydrogens (primary N) is 1. The minimum Gasteiger partial charge on any atom is -0.478 e. The first-order valence-corrected chi connectivity index (χ1v) is 5.18. The predicted molar refractivity (Wildman–Crippen MR) is 58.8 cm³/mol. The number of nitrogen functional groups attached to an aromatic ring is 1. The third kappa shape index (κ3) is 2.67. The van der Waals surface area contributed by atoms with Gasteiger partial charge in [0.05, 0.1) is 5.56 Å². The lowest BCUT2D eigenvalue weighted by atomic mass is 10.2. The molecular formula is C10H13NO2S. The van der Waals surface area contributed by atoms with Gasteiger partial charge in [-0.25, -0.2) is 4.79 Å². The van der Waals surface area contributed by atoms with Crippen molar-refractivity contribution in [3.63, 3.8) is 0 Å². The quantitative estimate of drug-likeness (QED) is 0.595. The highest BCUT2D eigenvalue weighted by atomic mass is 32.2. The van der Waals surface area contributed by atoms with Gasteiger partial charge in [-0.2, -0.15) is 0 Å². The van der Waals surface area contributed by atoms with Gasteiger partial charge in [0, 0.05) is 15.8 Å². The molecule has 3 nitrogen and oxygen atoms in total. The van der Waals surface area contributed by atoms with E-state index < -0.39 is 5.97 Å². The fraction of sp³-hybridized carbons (Fsp3) is 0.300. The molecule has 0 atom stereocenters. The molecule has 1 rings (SSSR count). The predicted octanol–water partition coefficient (Wildman–Crippen LogP) is 2.47. The molecule has 0 saturated carbocycles. The minimum atomic E-state index is -0.921. The van der Waals surface area contributed by atoms with Crippen molar-refractivity contribution in [3.05, 3.63) is 23.8 Å². The Morgan fingerprint density at radius 1 is 1.50 bits per heavy atom. The van der Waals surface area contributed by atoms with Crippen molar-refractivity contribution >= 4 is 23.4 Å². The van der Waals surface area contributed by atoms with Crippen LogP contribution in [0.15, 0.2) is 23.1 Å². The summed E-state index contributed by atoms with van der Waals surface area (Å²) in [4.78, 5) is 11.5. The van der Waals surface area contributed by atoms with Crippen LogP contribution >= 0.6 is 11.8 Å². The fourth-order valence-corrected chi connectivity index (χ4v) is 1.93. The van der Waals surface area contributed by atoms with Crippen LogP contribution < -0.4 is 5.73 Å². The zero-order valence-corrected chi connectivity index (χ0v) is 8.97. The molecule has 0 bridgehead atoms. The van der Waals surface area contributed by atoms with Gasteiger partial charge in [0.1, 0.15) is 0 Å². The normalized spacial score (nSPS) is 10.5. The number of aromatic carboxylic acids is 1. The van der Waals surface area contributed by atoms with Crippen molar-refractivity contribution in [2.24, 2.45) is 0 Å². The second-order valence-corrected chi connectivity index (χ2v) is 4.84. The number of thioether (sulfide) groups is 1. The van der Waals surface area contributed by atoms with Crippen LogP contribution in [0.25, 0.3) is 0 Å². The molecule has 0 heterocycles. The molecule has 0 spiro atoms. The zero-order valence-electron chi connectivity index (χ0n) is 8.15. The van der Waals surface area contributed by atoms with Crippen LogP contribution in [0.4, 0.5) is 5.69 Å². The molecule has 0 saturated heterocycles. The van der Waals surface area contributed by atoms with Gasteiger partial charge in [0.2, 0.25) is 0 Å². The van der Waals surface area contributed by atoms with Gasteiger partial charge in [0.25, 0.3) is 0 Å². The maximum atomic E-state index is 10.7. The standard InChI is InChI=1S/C10H13NO2S/c1-6(2)14-9-5-7(10(12)13)3-4-8(9)11/h3-6H,11H2,1-2H3,(H,12,13). The molecule has 3 N–H and O–H groups in total. The lowest BCUT2D eigenvalue weighted by Gasteiger charge is -2.08. The first kappa shape index (κ1) is 10.9. The lowest BCUT2D eigenvalue weighted by Crippen LogP contribution is -1.99. The van der Waals surface area contributed by atoms with Crippen LogP contribution in [-0.4, -0.2) is 16.3 Å². The molecule has 1 aromatic rings. The molecule has 14 heavy (non-hydrogen) atoms. The first-order valence-electron chi connectivity index (χ1n) is 4.30. The Hall–Kier alpha value is -1.16. The van der Waals surface area contributed by atoms with Crippen LogP contribution in [0.5, 0.6) is 0 Å². The van der Waals surface area contributed by atoms with Crippen molar-refractivity contribution in [2.45, 2.75) is 24.0 Å². The van der Waals surface area contributed by atoms with E-state index in [9.17, 15) is 4.79 Å². The minimum absolute atomic E-state index is 0.280. The lowest BCUT2D eigenvalue weighted by molar-refractivity contribution is 0.0696. The van der Waals surface area contributed by atoms with Gasteiger partial charge in [-0.05, 0) is 18.2 Å². The van der Waals surface area contributed by atoms with E-state index in [1.54, 1.807) is 23.9 Å². The Bertz CT molecular complexity index is 350. The summed E-state index contributed by atoms with van der Waals surface area (Å²) in [6.45, 7) is 4.08. The van der Waals surface area contributed by atoms with E-state index >= 15 is 0 Å². The molecule has 76 valence electrons. The Labute approximate surface area is 87.3 Å². The fourth-order valence-electron chi connectivity index (χ4n) is 1.02. The Morgan fingerprint density at radius 3 is 2.64 bits per heavy atom. The monoisotopic (exact) mass is 211 g/mol. The highest BCUT2D eigenvalue weighted by molar-refractivity contribution is 8.00. The van der Waals surface area contributed by atoms with Crippen LogP contribution in [0.2, 0.25) is 0 Å². The number of rotatable bonds is 3. The molecule has 0 fully saturated rings. The van der Waals surface area contributed by atoms with Crippen molar-refractivity contribution in [1.82, 2.24) is 0 Å². The highest BCUT2D eigenvalue weighted by Crippen LogP contribution is 2.29. The van der Waals surface area contributed by atoms with Crippen molar-refractivity contribution < 1.29 is 9.90 Å². The van der Waals surface area contributed by atoms with Gasteiger partial charge in [-0.1, -0.05) is 13.8 Å². The smallest absolute Gasteiger partial charge is 0.335 e. The number of hydrogen-bond acceptors (Lipinski definition) is 3. The SMILES string of the molecule is CC(C)Sc1cc(C(=O)O)ccc1N. The summed E-state index contributed by atoms with van der Waals surface area (Å²) in [5.74, 6) is -0.921. The van der Waals surface area contributed by atoms with Crippen LogP contribution in [0.3, 0.4) is 0 Å². The van der Waals surface area contributed by atoms with E-state index in [-0.39, 0.29) is 5.56 Å². The van der Waals surface area contributed by atoms with Gasteiger partial charge in [0.15, 0.2) is 0 Å². The summed E-state index contributed by atoms with van der Waals surface area (Å²) < 4.78 is 0. The Balaban J connectivity index is 3.02. The van der Waals surface area contributed by atoms with Crippen molar-refractivity contribution in [3.8, 4) is 0 Å². The Morgan fingerprint density at radius 2 is 2.14 bits per heavy atom. The van der Waals surface area contributed by atoms with Crippen LogP contribution in [0.1, 0.15) is 24.2 Å². The number of carboxylic acids is 1. The zero-order chi connectivity index (χ0) is 10.7. The number of anilines is 1. The van der Waals surface area contributed by atoms with Crippen molar-refractivity contribution in [1.29, 1.82) is 0 Å². The van der Waals surface area contributed by atoms with Gasteiger partial charge >= 0.3 is 5.97 Å². The van der Waals surface area contributed by atoms with E-state index in [2.05, 4.69) is 0 Å². The number of hydrogen-bond donors (Lipinski definition) is 2. The van der Waals surface area contributed by atoms with Gasteiger partial charge < -0.3 is 10.8 Å². The highest BCUT2D eigenvalue weighted by Gasteiger charge is 2.08. The third-order valence-electron chi connectivity index (χ3n) is 1.62. The van der Waals surface area contributed by atoms with Gasteiger partial charge in [-0.3, -0.25) is 0 Å². The number of carboxylic acid groups (broad SMARTS) is 1. The second-order valence-electron chi connectivity index (χ2n) is 3.22. The maximum Gasteiger partial charge on any atom is 0.335 e. The van der Waals surface area contributed by atoms with Crippen molar-refractivity contribution in [2.75, 3.05) is 5.73 Å². The van der Waals surface area contributed by atoms with E-state index in [4.69, 9.17) is 10.8 Å². The molecular weight excluding hydrogens is 198 g/mol. The summed E-state index contributed by atoms with van der Waals surface area (Å²) in [5, 5.41) is 9.17. The van der Waals surface area contributed by atoms with E-state index in [0.29, 0.717) is 10.9 Å². The molecule has 0 aromatic heterocycles. The average molecular weight is 211 g/mol. The summed E-state index contributed by atoms with van der Waals surface area (Å²) in [7, 11) is 0. The van der Waals surface area contributed by atoms with E-state index in [0.717, 1.165) is 4.90 Å². The number of benzene rings is 1. The second kappa shape index (κ2) is 4.37.